The average Bonchev–Trinajstić information content (AvgIpc) is 2.69. The van der Waals surface area contributed by atoms with Crippen molar-refractivity contribution in [3.63, 3.8) is 0 Å². The number of amides is 1. The van der Waals surface area contributed by atoms with E-state index in [1.165, 1.54) is 25.9 Å². The number of likely N-dealkylation sites (N-methyl/N-ethyl adjacent to an activating group) is 1. The van der Waals surface area contributed by atoms with Gasteiger partial charge in [0.2, 0.25) is 15.9 Å². The lowest BCUT2D eigenvalue weighted by Gasteiger charge is -2.11. The van der Waals surface area contributed by atoms with Gasteiger partial charge in [-0.2, -0.15) is 0 Å². The maximum absolute atomic E-state index is 11.9. The number of carbonyl (C=O) groups excluding carboxylic acids is 1. The van der Waals surface area contributed by atoms with Crippen LogP contribution in [0.5, 0.6) is 0 Å². The van der Waals surface area contributed by atoms with Crippen molar-refractivity contribution in [1.82, 2.24) is 9.62 Å². The molecule has 1 rings (SSSR count). The van der Waals surface area contributed by atoms with Crippen LogP contribution in [0.4, 0.5) is 0 Å². The molecule has 1 aromatic rings. The van der Waals surface area contributed by atoms with Crippen LogP contribution in [0.15, 0.2) is 11.0 Å². The molecule has 0 aromatic carbocycles. The Balaban J connectivity index is 2.95. The number of sulfonamides is 1. The molecule has 0 spiro atoms. The monoisotopic (exact) mass is 306 g/mol. The molecule has 0 unspecified atom stereocenters. The highest BCUT2D eigenvalue weighted by Crippen LogP contribution is 2.25. The highest BCUT2D eigenvalue weighted by Gasteiger charge is 2.22. The lowest BCUT2D eigenvalue weighted by Crippen LogP contribution is -2.36. The van der Waals surface area contributed by atoms with Crippen molar-refractivity contribution in [2.75, 3.05) is 20.6 Å². The van der Waals surface area contributed by atoms with Crippen molar-refractivity contribution >= 4 is 33.2 Å². The number of rotatable bonds is 5. The number of hydrogen-bond donors (Lipinski definition) is 2. The summed E-state index contributed by atoms with van der Waals surface area (Å²) in [6, 6.07) is 1.09. The van der Waals surface area contributed by atoms with Gasteiger partial charge in [-0.1, -0.05) is 0 Å². The minimum absolute atomic E-state index is 0.0585. The summed E-state index contributed by atoms with van der Waals surface area (Å²) in [5, 5.41) is 8.81. The van der Waals surface area contributed by atoms with Gasteiger partial charge in [0, 0.05) is 19.0 Å². The zero-order valence-corrected chi connectivity index (χ0v) is 12.3. The van der Waals surface area contributed by atoms with Gasteiger partial charge >= 0.3 is 5.97 Å². The van der Waals surface area contributed by atoms with Crippen LogP contribution in [0, 0.1) is 6.92 Å². The largest absolute Gasteiger partial charge is 0.477 e. The number of thiophene rings is 1. The summed E-state index contributed by atoms with van der Waals surface area (Å²) in [5.74, 6) is -1.58. The standard InChI is InChI=1S/C10H14N2O5S2/c1-6-8(4-7(18-6)10(14)15)19(16,17)11-5-9(13)12(2)3/h4,11H,5H2,1-3H3,(H,14,15). The number of carboxylic acids is 1. The van der Waals surface area contributed by atoms with Crippen molar-refractivity contribution in [1.29, 1.82) is 0 Å². The van der Waals surface area contributed by atoms with E-state index in [0.29, 0.717) is 4.88 Å². The maximum atomic E-state index is 11.9. The van der Waals surface area contributed by atoms with Crippen LogP contribution in [-0.2, 0) is 14.8 Å². The topological polar surface area (TPSA) is 104 Å². The fraction of sp³-hybridized carbons (Fsp3) is 0.400. The van der Waals surface area contributed by atoms with E-state index in [1.807, 2.05) is 0 Å². The van der Waals surface area contributed by atoms with Gasteiger partial charge in [-0.05, 0) is 13.0 Å². The maximum Gasteiger partial charge on any atom is 0.345 e. The predicted molar refractivity (Wildman–Crippen MR) is 69.9 cm³/mol. The third-order valence-corrected chi connectivity index (χ3v) is 4.98. The van der Waals surface area contributed by atoms with Crippen LogP contribution < -0.4 is 4.72 Å². The van der Waals surface area contributed by atoms with Crippen molar-refractivity contribution in [3.8, 4) is 0 Å². The summed E-state index contributed by atoms with van der Waals surface area (Å²) in [5.41, 5.74) is 0. The number of carbonyl (C=O) groups is 2. The molecule has 1 amide bonds. The Kier molecular flexibility index (Phi) is 4.66. The Morgan fingerprint density at radius 3 is 2.42 bits per heavy atom. The second-order valence-electron chi connectivity index (χ2n) is 3.95. The molecule has 106 valence electrons. The first-order valence-corrected chi connectivity index (χ1v) is 7.48. The minimum Gasteiger partial charge on any atom is -0.477 e. The molecule has 0 aliphatic heterocycles. The molecular formula is C10H14N2O5S2. The molecule has 9 heteroatoms. The van der Waals surface area contributed by atoms with Gasteiger partial charge in [-0.15, -0.1) is 11.3 Å². The molecule has 0 bridgehead atoms. The van der Waals surface area contributed by atoms with Gasteiger partial charge in [0.1, 0.15) is 4.88 Å². The molecule has 19 heavy (non-hydrogen) atoms. The Morgan fingerprint density at radius 2 is 2.00 bits per heavy atom. The molecule has 1 aromatic heterocycles. The Morgan fingerprint density at radius 1 is 1.42 bits per heavy atom. The van der Waals surface area contributed by atoms with Crippen LogP contribution in [0.1, 0.15) is 14.5 Å². The number of nitrogens with one attached hydrogen (secondary N) is 1. The highest BCUT2D eigenvalue weighted by atomic mass is 32.2. The number of carboxylic acid groups (broad SMARTS) is 1. The lowest BCUT2D eigenvalue weighted by molar-refractivity contribution is -0.127. The van der Waals surface area contributed by atoms with E-state index < -0.39 is 21.9 Å². The molecule has 0 saturated carbocycles. The van der Waals surface area contributed by atoms with E-state index in [-0.39, 0.29) is 16.3 Å². The summed E-state index contributed by atoms with van der Waals surface area (Å²) in [6.45, 7) is 1.15. The van der Waals surface area contributed by atoms with Gasteiger partial charge in [-0.25, -0.2) is 17.9 Å². The van der Waals surface area contributed by atoms with E-state index in [2.05, 4.69) is 4.72 Å². The summed E-state index contributed by atoms with van der Waals surface area (Å²) >= 11 is 0.876. The third-order valence-electron chi connectivity index (χ3n) is 2.28. The molecule has 1 heterocycles. The summed E-state index contributed by atoms with van der Waals surface area (Å²) in [6.07, 6.45) is 0. The normalized spacial score (nSPS) is 11.3. The zero-order valence-electron chi connectivity index (χ0n) is 10.6. The van der Waals surface area contributed by atoms with Crippen LogP contribution in [0.2, 0.25) is 0 Å². The first-order chi connectivity index (χ1) is 8.65. The van der Waals surface area contributed by atoms with E-state index >= 15 is 0 Å². The summed E-state index contributed by atoms with van der Waals surface area (Å²) in [7, 11) is -0.865. The Hall–Kier alpha value is -1.45. The fourth-order valence-corrected chi connectivity index (χ4v) is 3.63. The molecule has 7 nitrogen and oxygen atoms in total. The molecule has 0 atom stereocenters. The van der Waals surface area contributed by atoms with E-state index in [1.54, 1.807) is 0 Å². The quantitative estimate of drug-likeness (QED) is 0.804. The summed E-state index contributed by atoms with van der Waals surface area (Å²) < 4.78 is 26.0. The molecule has 0 aliphatic rings. The van der Waals surface area contributed by atoms with Crippen LogP contribution in [0.25, 0.3) is 0 Å². The number of hydrogen-bond acceptors (Lipinski definition) is 5. The number of nitrogens with zero attached hydrogens (tertiary/aromatic N) is 1. The number of aryl methyl sites for hydroxylation is 1. The van der Waals surface area contributed by atoms with Gasteiger partial charge in [0.15, 0.2) is 0 Å². The zero-order chi connectivity index (χ0) is 14.8. The van der Waals surface area contributed by atoms with Gasteiger partial charge < -0.3 is 10.0 Å². The van der Waals surface area contributed by atoms with Crippen LogP contribution >= 0.6 is 11.3 Å². The molecule has 0 aliphatic carbocycles. The Labute approximate surface area is 114 Å². The van der Waals surface area contributed by atoms with Crippen molar-refractivity contribution in [2.24, 2.45) is 0 Å². The highest BCUT2D eigenvalue weighted by molar-refractivity contribution is 7.89. The van der Waals surface area contributed by atoms with Crippen molar-refractivity contribution < 1.29 is 23.1 Å². The van der Waals surface area contributed by atoms with E-state index in [0.717, 1.165) is 17.4 Å². The fourth-order valence-electron chi connectivity index (χ4n) is 1.23. The van der Waals surface area contributed by atoms with E-state index in [4.69, 9.17) is 5.11 Å². The average molecular weight is 306 g/mol. The van der Waals surface area contributed by atoms with Crippen molar-refractivity contribution in [2.45, 2.75) is 11.8 Å². The first kappa shape index (κ1) is 15.6. The van der Waals surface area contributed by atoms with E-state index in [9.17, 15) is 18.0 Å². The molecular weight excluding hydrogens is 292 g/mol. The molecule has 0 radical (unpaired) electrons. The third kappa shape index (κ3) is 3.75. The first-order valence-electron chi connectivity index (χ1n) is 5.18. The number of aromatic carboxylic acids is 1. The van der Waals surface area contributed by atoms with Gasteiger partial charge in [0.05, 0.1) is 11.4 Å². The lowest BCUT2D eigenvalue weighted by atomic mass is 10.4. The Bertz CT molecular complexity index is 603. The molecule has 0 fully saturated rings. The smallest absolute Gasteiger partial charge is 0.345 e. The van der Waals surface area contributed by atoms with Crippen LogP contribution in [0.3, 0.4) is 0 Å². The van der Waals surface area contributed by atoms with Crippen molar-refractivity contribution in [3.05, 3.63) is 15.8 Å². The predicted octanol–water partition coefficient (Wildman–Crippen LogP) is 0.121. The minimum atomic E-state index is -3.88. The second kappa shape index (κ2) is 5.68. The summed E-state index contributed by atoms with van der Waals surface area (Å²) in [4.78, 5) is 23.6. The van der Waals surface area contributed by atoms with Crippen LogP contribution in [-0.4, -0.2) is 50.9 Å². The molecule has 0 saturated heterocycles. The van der Waals surface area contributed by atoms with Gasteiger partial charge in [0.25, 0.3) is 0 Å². The van der Waals surface area contributed by atoms with Gasteiger partial charge in [-0.3, -0.25) is 4.79 Å². The molecule has 2 N–H and O–H groups in total. The second-order valence-corrected chi connectivity index (χ2v) is 6.94. The SMILES string of the molecule is Cc1sc(C(=O)O)cc1S(=O)(=O)NCC(=O)N(C)C.